The van der Waals surface area contributed by atoms with Crippen molar-refractivity contribution in [2.24, 2.45) is 0 Å². The van der Waals surface area contributed by atoms with Crippen LogP contribution in [-0.2, 0) is 24.9 Å². The quantitative estimate of drug-likeness (QED) is 0.113. The number of hydrogen-bond acceptors (Lipinski definition) is 3. The van der Waals surface area contributed by atoms with Crippen molar-refractivity contribution in [3.05, 3.63) is 96.8 Å². The Bertz CT molecular complexity index is 1280. The number of ketones is 1. The Kier molecular flexibility index (Phi) is 9.69. The molecule has 3 nitrogen and oxygen atoms in total. The maximum Gasteiger partial charge on any atom is 0.155 e. The summed E-state index contributed by atoms with van der Waals surface area (Å²) in [5, 5.41) is 11.1. The van der Waals surface area contributed by atoms with Crippen LogP contribution in [0.1, 0.15) is 13.8 Å². The summed E-state index contributed by atoms with van der Waals surface area (Å²) in [4.78, 5) is 15.0. The molecule has 1 heterocycles. The van der Waals surface area contributed by atoms with Crippen LogP contribution in [0.15, 0.2) is 90.7 Å². The third kappa shape index (κ3) is 7.32. The minimum absolute atomic E-state index is 0. The Morgan fingerprint density at radius 1 is 0.941 bits per heavy atom. The van der Waals surface area contributed by atoms with E-state index < -0.39 is 8.07 Å². The van der Waals surface area contributed by atoms with E-state index >= 15 is 0 Å². The van der Waals surface area contributed by atoms with E-state index in [0.29, 0.717) is 0 Å². The van der Waals surface area contributed by atoms with Crippen molar-refractivity contribution < 1.29 is 30.0 Å². The fraction of sp³-hybridized carbons (Fsp3) is 0.172. The molecule has 0 aliphatic rings. The van der Waals surface area contributed by atoms with Gasteiger partial charge in [0.2, 0.25) is 0 Å². The molecular weight excluding hydrogens is 615 g/mol. The molecule has 4 aromatic rings. The number of pyridine rings is 1. The van der Waals surface area contributed by atoms with Crippen LogP contribution >= 0.6 is 0 Å². The minimum Gasteiger partial charge on any atom is -0.512 e. The zero-order valence-electron chi connectivity index (χ0n) is 20.2. The van der Waals surface area contributed by atoms with Crippen molar-refractivity contribution in [3.63, 3.8) is 0 Å². The van der Waals surface area contributed by atoms with Gasteiger partial charge in [0.25, 0.3) is 0 Å². The molecule has 1 radical (unpaired) electrons. The van der Waals surface area contributed by atoms with Gasteiger partial charge in [-0.25, -0.2) is 0 Å². The molecule has 4 rings (SSSR count). The molecule has 1 aromatic heterocycles. The van der Waals surface area contributed by atoms with Crippen LogP contribution in [0.4, 0.5) is 0 Å². The first-order valence-electron chi connectivity index (χ1n) is 11.0. The third-order valence-corrected chi connectivity index (χ3v) is 7.20. The SMILES string of the molecule is CC(=O)/C=C(/C)O.C[Si](C)(C)c1ccc2nc(-c3[c-]cccc3)cc(-c3ccccc3)c2c1.[Ir]. The Labute approximate surface area is 216 Å². The zero-order valence-corrected chi connectivity index (χ0v) is 23.6. The Morgan fingerprint density at radius 2 is 1.62 bits per heavy atom. The molecule has 0 fully saturated rings. The van der Waals surface area contributed by atoms with Crippen LogP contribution < -0.4 is 5.19 Å². The van der Waals surface area contributed by atoms with Crippen molar-refractivity contribution in [1.29, 1.82) is 0 Å². The van der Waals surface area contributed by atoms with Crippen molar-refractivity contribution in [2.45, 2.75) is 33.5 Å². The van der Waals surface area contributed by atoms with Crippen LogP contribution in [-0.4, -0.2) is 23.9 Å². The standard InChI is InChI=1S/C24H22NSi.C5H8O2.Ir/c1-26(2,3)20-14-15-23-22(16-20)21(18-10-6-4-7-11-18)17-24(25-23)19-12-8-5-9-13-19;1-4(6)3-5(2)7;/h4-12,14-17H,1-3H3;3,6H,1-2H3;/q-1;;/b;4-3-;. The average Bonchev–Trinajstić information content (AvgIpc) is 2.78. The number of allylic oxidation sites excluding steroid dienone is 2. The maximum absolute atomic E-state index is 10.0. The largest absolute Gasteiger partial charge is 0.512 e. The fourth-order valence-corrected chi connectivity index (χ4v) is 4.69. The first-order valence-corrected chi connectivity index (χ1v) is 14.5. The predicted octanol–water partition coefficient (Wildman–Crippen LogP) is 6.95. The molecular formula is C29H30IrNO2Si-. The first-order chi connectivity index (χ1) is 15.6. The molecule has 0 amide bonds. The number of aliphatic hydroxyl groups excluding tert-OH is 1. The molecule has 0 saturated heterocycles. The fourth-order valence-electron chi connectivity index (χ4n) is 3.53. The number of hydrogen-bond donors (Lipinski definition) is 1. The van der Waals surface area contributed by atoms with Crippen molar-refractivity contribution >= 4 is 29.9 Å². The van der Waals surface area contributed by atoms with Gasteiger partial charge in [-0.05, 0) is 36.7 Å². The number of carbonyl (C=O) groups is 1. The van der Waals surface area contributed by atoms with E-state index in [4.69, 9.17) is 10.1 Å². The van der Waals surface area contributed by atoms with Crippen molar-refractivity contribution in [3.8, 4) is 22.4 Å². The van der Waals surface area contributed by atoms with E-state index in [1.54, 1.807) is 0 Å². The topological polar surface area (TPSA) is 50.2 Å². The van der Waals surface area contributed by atoms with E-state index in [0.717, 1.165) is 16.8 Å². The Morgan fingerprint density at radius 3 is 2.15 bits per heavy atom. The summed E-state index contributed by atoms with van der Waals surface area (Å²) < 4.78 is 0. The number of aliphatic hydroxyl groups is 1. The van der Waals surface area contributed by atoms with E-state index in [1.165, 1.54) is 41.6 Å². The van der Waals surface area contributed by atoms with Crippen LogP contribution in [0.5, 0.6) is 0 Å². The molecule has 0 aliphatic heterocycles. The van der Waals surface area contributed by atoms with Gasteiger partial charge in [0, 0.05) is 31.6 Å². The molecule has 3 aromatic carbocycles. The van der Waals surface area contributed by atoms with E-state index in [9.17, 15) is 4.79 Å². The molecule has 0 aliphatic carbocycles. The third-order valence-electron chi connectivity index (χ3n) is 5.16. The second-order valence-electron chi connectivity index (χ2n) is 9.08. The van der Waals surface area contributed by atoms with Gasteiger partial charge in [-0.2, -0.15) is 0 Å². The normalized spacial score (nSPS) is 11.3. The summed E-state index contributed by atoms with van der Waals surface area (Å²) in [6.07, 6.45) is 1.17. The molecule has 0 spiro atoms. The monoisotopic (exact) mass is 645 g/mol. The molecule has 1 N–H and O–H groups in total. The number of benzene rings is 3. The molecule has 0 unspecified atom stereocenters. The summed E-state index contributed by atoms with van der Waals surface area (Å²) in [6, 6.07) is 31.0. The van der Waals surface area contributed by atoms with Crippen LogP contribution in [0.25, 0.3) is 33.3 Å². The van der Waals surface area contributed by atoms with Gasteiger partial charge in [0.1, 0.15) is 0 Å². The van der Waals surface area contributed by atoms with Crippen molar-refractivity contribution in [2.75, 3.05) is 0 Å². The minimum atomic E-state index is -1.39. The van der Waals surface area contributed by atoms with Gasteiger partial charge in [-0.1, -0.05) is 73.4 Å². The van der Waals surface area contributed by atoms with Crippen LogP contribution in [0.3, 0.4) is 0 Å². The van der Waals surface area contributed by atoms with E-state index in [-0.39, 0.29) is 31.6 Å². The Balaban J connectivity index is 0.000000449. The van der Waals surface area contributed by atoms with Crippen molar-refractivity contribution in [1.82, 2.24) is 4.98 Å². The second kappa shape index (κ2) is 12.0. The van der Waals surface area contributed by atoms with Gasteiger partial charge >= 0.3 is 0 Å². The van der Waals surface area contributed by atoms with E-state index in [2.05, 4.69) is 86.4 Å². The molecule has 0 atom stereocenters. The number of fused-ring (bicyclic) bond motifs is 1. The first kappa shape index (κ1) is 27.4. The number of nitrogens with zero attached hydrogens (tertiary/aromatic N) is 1. The smallest absolute Gasteiger partial charge is 0.155 e. The number of carbonyl (C=O) groups excluding carboxylic acids is 1. The van der Waals surface area contributed by atoms with Gasteiger partial charge in [-0.15, -0.1) is 35.9 Å². The Hall–Kier alpha value is -2.85. The van der Waals surface area contributed by atoms with Gasteiger partial charge in [0.05, 0.1) is 19.3 Å². The molecule has 34 heavy (non-hydrogen) atoms. The molecule has 5 heteroatoms. The number of rotatable bonds is 4. The molecule has 0 saturated carbocycles. The summed E-state index contributed by atoms with van der Waals surface area (Å²) >= 11 is 0. The molecule has 177 valence electrons. The second-order valence-corrected chi connectivity index (χ2v) is 14.2. The van der Waals surface area contributed by atoms with Crippen LogP contribution in [0, 0.1) is 6.07 Å². The predicted molar refractivity (Wildman–Crippen MR) is 141 cm³/mol. The summed E-state index contributed by atoms with van der Waals surface area (Å²) in [6.45, 7) is 10.0. The van der Waals surface area contributed by atoms with Crippen LogP contribution in [0.2, 0.25) is 19.6 Å². The van der Waals surface area contributed by atoms with Gasteiger partial charge in [-0.3, -0.25) is 9.78 Å². The zero-order chi connectivity index (χ0) is 24.0. The number of aromatic nitrogens is 1. The van der Waals surface area contributed by atoms with Gasteiger partial charge < -0.3 is 5.11 Å². The maximum atomic E-state index is 10.0. The summed E-state index contributed by atoms with van der Waals surface area (Å²) in [5.41, 5.74) is 5.51. The summed E-state index contributed by atoms with van der Waals surface area (Å²) in [7, 11) is -1.39. The average molecular weight is 645 g/mol. The molecule has 0 bridgehead atoms. The van der Waals surface area contributed by atoms with Gasteiger partial charge in [0.15, 0.2) is 5.78 Å². The van der Waals surface area contributed by atoms with E-state index in [1.807, 2.05) is 18.2 Å². The summed E-state index contributed by atoms with van der Waals surface area (Å²) in [5.74, 6) is -0.0625.